The van der Waals surface area contributed by atoms with E-state index in [0.29, 0.717) is 23.7 Å². The standard InChI is InChI=1S/C21H24N2O4/c1-4-14-7-5-6-8-18(14)23-13-15(11-20(23)24)21(25)22-17-12-16(26-2)9-10-19(17)27-3/h5-10,12,15H,4,11,13H2,1-3H3,(H,22,25)/t15-/m0/s1. The lowest BCUT2D eigenvalue weighted by Gasteiger charge is -2.20. The molecule has 0 saturated carbocycles. The molecule has 2 aromatic rings. The van der Waals surface area contributed by atoms with Crippen molar-refractivity contribution in [3.8, 4) is 11.5 Å². The number of hydrogen-bond donors (Lipinski definition) is 1. The zero-order valence-corrected chi connectivity index (χ0v) is 15.8. The zero-order chi connectivity index (χ0) is 19.4. The first-order valence-electron chi connectivity index (χ1n) is 8.98. The van der Waals surface area contributed by atoms with Crippen molar-refractivity contribution in [2.45, 2.75) is 19.8 Å². The summed E-state index contributed by atoms with van der Waals surface area (Å²) in [7, 11) is 3.10. The number of carbonyl (C=O) groups excluding carboxylic acids is 2. The fourth-order valence-corrected chi connectivity index (χ4v) is 3.34. The Bertz CT molecular complexity index is 850. The molecule has 6 nitrogen and oxygen atoms in total. The zero-order valence-electron chi connectivity index (χ0n) is 15.8. The quantitative estimate of drug-likeness (QED) is 0.850. The maximum Gasteiger partial charge on any atom is 0.229 e. The van der Waals surface area contributed by atoms with Crippen molar-refractivity contribution in [1.29, 1.82) is 0 Å². The Morgan fingerprint density at radius 2 is 1.96 bits per heavy atom. The number of nitrogens with one attached hydrogen (secondary N) is 1. The summed E-state index contributed by atoms with van der Waals surface area (Å²) >= 11 is 0. The van der Waals surface area contributed by atoms with E-state index < -0.39 is 5.92 Å². The highest BCUT2D eigenvalue weighted by molar-refractivity contribution is 6.04. The second-order valence-electron chi connectivity index (χ2n) is 6.44. The fourth-order valence-electron chi connectivity index (χ4n) is 3.34. The smallest absolute Gasteiger partial charge is 0.229 e. The van der Waals surface area contributed by atoms with Crippen molar-refractivity contribution in [2.75, 3.05) is 31.0 Å². The molecule has 1 aliphatic heterocycles. The molecule has 0 radical (unpaired) electrons. The molecule has 1 aliphatic rings. The number of rotatable bonds is 6. The minimum Gasteiger partial charge on any atom is -0.497 e. The second kappa shape index (κ2) is 8.12. The molecule has 1 heterocycles. The van der Waals surface area contributed by atoms with Crippen LogP contribution in [-0.2, 0) is 16.0 Å². The number of carbonyl (C=O) groups is 2. The summed E-state index contributed by atoms with van der Waals surface area (Å²) in [6, 6.07) is 13.0. The van der Waals surface area contributed by atoms with Gasteiger partial charge < -0.3 is 19.7 Å². The average molecular weight is 368 g/mol. The Morgan fingerprint density at radius 3 is 2.67 bits per heavy atom. The van der Waals surface area contributed by atoms with Gasteiger partial charge in [-0.3, -0.25) is 9.59 Å². The van der Waals surface area contributed by atoms with E-state index in [4.69, 9.17) is 9.47 Å². The van der Waals surface area contributed by atoms with Gasteiger partial charge in [-0.2, -0.15) is 0 Å². The van der Waals surface area contributed by atoms with Gasteiger partial charge in [0.2, 0.25) is 11.8 Å². The molecule has 0 aliphatic carbocycles. The minimum absolute atomic E-state index is 0.0337. The third kappa shape index (κ3) is 3.89. The lowest BCUT2D eigenvalue weighted by Crippen LogP contribution is -2.28. The highest BCUT2D eigenvalue weighted by Crippen LogP contribution is 2.32. The number of nitrogens with zero attached hydrogens (tertiary/aromatic N) is 1. The Kier molecular flexibility index (Phi) is 5.64. The topological polar surface area (TPSA) is 67.9 Å². The molecule has 1 N–H and O–H groups in total. The van der Waals surface area contributed by atoms with Gasteiger partial charge in [0.1, 0.15) is 11.5 Å². The van der Waals surface area contributed by atoms with Crippen LogP contribution in [0.2, 0.25) is 0 Å². The lowest BCUT2D eigenvalue weighted by atomic mass is 10.1. The third-order valence-corrected chi connectivity index (χ3v) is 4.82. The number of para-hydroxylation sites is 1. The largest absolute Gasteiger partial charge is 0.497 e. The van der Waals surface area contributed by atoms with Gasteiger partial charge in [-0.05, 0) is 30.2 Å². The first-order valence-corrected chi connectivity index (χ1v) is 8.98. The van der Waals surface area contributed by atoms with Gasteiger partial charge in [0.25, 0.3) is 0 Å². The van der Waals surface area contributed by atoms with Crippen LogP contribution < -0.4 is 19.7 Å². The Hall–Kier alpha value is -3.02. The van der Waals surface area contributed by atoms with E-state index in [1.165, 1.54) is 0 Å². The highest BCUT2D eigenvalue weighted by atomic mass is 16.5. The van der Waals surface area contributed by atoms with Crippen molar-refractivity contribution in [3.63, 3.8) is 0 Å². The normalized spacial score (nSPS) is 16.3. The molecule has 27 heavy (non-hydrogen) atoms. The number of benzene rings is 2. The van der Waals surface area contributed by atoms with E-state index in [9.17, 15) is 9.59 Å². The summed E-state index contributed by atoms with van der Waals surface area (Å²) in [5.74, 6) is 0.507. The lowest BCUT2D eigenvalue weighted by molar-refractivity contribution is -0.122. The Balaban J connectivity index is 1.77. The molecule has 1 saturated heterocycles. The number of ether oxygens (including phenoxy) is 2. The van der Waals surface area contributed by atoms with Crippen molar-refractivity contribution in [2.24, 2.45) is 5.92 Å². The number of hydrogen-bond acceptors (Lipinski definition) is 4. The predicted molar refractivity (Wildman–Crippen MR) is 104 cm³/mol. The predicted octanol–water partition coefficient (Wildman–Crippen LogP) is 3.26. The van der Waals surface area contributed by atoms with Crippen LogP contribution in [0.1, 0.15) is 18.9 Å². The van der Waals surface area contributed by atoms with Crippen molar-refractivity contribution in [3.05, 3.63) is 48.0 Å². The average Bonchev–Trinajstić information content (AvgIpc) is 3.09. The summed E-state index contributed by atoms with van der Waals surface area (Å²) in [6.07, 6.45) is 1.02. The van der Waals surface area contributed by atoms with Gasteiger partial charge in [-0.1, -0.05) is 25.1 Å². The molecule has 1 fully saturated rings. The van der Waals surface area contributed by atoms with E-state index in [0.717, 1.165) is 17.7 Å². The van der Waals surface area contributed by atoms with Crippen molar-refractivity contribution in [1.82, 2.24) is 0 Å². The van der Waals surface area contributed by atoms with Crippen molar-refractivity contribution < 1.29 is 19.1 Å². The van der Waals surface area contributed by atoms with E-state index in [-0.39, 0.29) is 18.2 Å². The molecular weight excluding hydrogens is 344 g/mol. The highest BCUT2D eigenvalue weighted by Gasteiger charge is 2.36. The summed E-state index contributed by atoms with van der Waals surface area (Å²) in [6.45, 7) is 2.42. The molecule has 0 bridgehead atoms. The molecule has 2 amide bonds. The van der Waals surface area contributed by atoms with E-state index in [1.54, 1.807) is 37.3 Å². The van der Waals surface area contributed by atoms with Gasteiger partial charge in [-0.15, -0.1) is 0 Å². The van der Waals surface area contributed by atoms with Crippen LogP contribution in [0.25, 0.3) is 0 Å². The first kappa shape index (κ1) is 18.8. The van der Waals surface area contributed by atoms with Gasteiger partial charge in [0.15, 0.2) is 0 Å². The SMILES string of the molecule is CCc1ccccc1N1C[C@@H](C(=O)Nc2cc(OC)ccc2OC)CC1=O. The Morgan fingerprint density at radius 1 is 1.19 bits per heavy atom. The molecule has 2 aromatic carbocycles. The van der Waals surface area contributed by atoms with E-state index in [1.807, 2.05) is 24.3 Å². The number of aryl methyl sites for hydroxylation is 1. The minimum atomic E-state index is -0.418. The van der Waals surface area contributed by atoms with Crippen LogP contribution in [0.15, 0.2) is 42.5 Å². The van der Waals surface area contributed by atoms with Crippen LogP contribution in [0.5, 0.6) is 11.5 Å². The summed E-state index contributed by atoms with van der Waals surface area (Å²) in [5, 5.41) is 2.88. The second-order valence-corrected chi connectivity index (χ2v) is 6.44. The first-order chi connectivity index (χ1) is 13.1. The van der Waals surface area contributed by atoms with Gasteiger partial charge >= 0.3 is 0 Å². The molecule has 0 spiro atoms. The molecule has 0 aromatic heterocycles. The molecule has 0 unspecified atom stereocenters. The van der Waals surface area contributed by atoms with Crippen LogP contribution in [0, 0.1) is 5.92 Å². The molecule has 1 atom stereocenters. The van der Waals surface area contributed by atoms with Crippen LogP contribution in [0.3, 0.4) is 0 Å². The maximum atomic E-state index is 12.8. The van der Waals surface area contributed by atoms with E-state index in [2.05, 4.69) is 12.2 Å². The third-order valence-electron chi connectivity index (χ3n) is 4.82. The van der Waals surface area contributed by atoms with Gasteiger partial charge in [-0.25, -0.2) is 0 Å². The molecule has 3 rings (SSSR count). The van der Waals surface area contributed by atoms with Crippen LogP contribution in [0.4, 0.5) is 11.4 Å². The Labute approximate surface area is 159 Å². The molecule has 6 heteroatoms. The fraction of sp³-hybridized carbons (Fsp3) is 0.333. The maximum absolute atomic E-state index is 12.8. The van der Waals surface area contributed by atoms with Gasteiger partial charge in [0.05, 0.1) is 25.8 Å². The summed E-state index contributed by atoms with van der Waals surface area (Å²) in [5.41, 5.74) is 2.52. The molecule has 142 valence electrons. The van der Waals surface area contributed by atoms with E-state index >= 15 is 0 Å². The van der Waals surface area contributed by atoms with Crippen LogP contribution >= 0.6 is 0 Å². The van der Waals surface area contributed by atoms with Gasteiger partial charge in [0, 0.05) is 24.7 Å². The number of anilines is 2. The van der Waals surface area contributed by atoms with Crippen LogP contribution in [-0.4, -0.2) is 32.6 Å². The number of methoxy groups -OCH3 is 2. The van der Waals surface area contributed by atoms with Crippen molar-refractivity contribution >= 4 is 23.2 Å². The number of amides is 2. The molecular formula is C21H24N2O4. The summed E-state index contributed by atoms with van der Waals surface area (Å²) in [4.78, 5) is 27.0. The summed E-state index contributed by atoms with van der Waals surface area (Å²) < 4.78 is 10.5. The monoisotopic (exact) mass is 368 g/mol.